The lowest BCUT2D eigenvalue weighted by atomic mass is 10.0. The lowest BCUT2D eigenvalue weighted by Gasteiger charge is -2.20. The fourth-order valence-electron chi connectivity index (χ4n) is 5.86. The molecule has 3 atom stereocenters. The van der Waals surface area contributed by atoms with Gasteiger partial charge in [0.2, 0.25) is 0 Å². The molecule has 1 aliphatic heterocycles. The largest absolute Gasteiger partial charge is 0.483 e. The van der Waals surface area contributed by atoms with Crippen molar-refractivity contribution in [1.82, 2.24) is 24.5 Å². The van der Waals surface area contributed by atoms with Crippen molar-refractivity contribution in [3.8, 4) is 16.9 Å². The van der Waals surface area contributed by atoms with Crippen molar-refractivity contribution >= 4 is 45.7 Å². The highest BCUT2D eigenvalue weighted by Gasteiger charge is 2.52. The van der Waals surface area contributed by atoms with E-state index in [1.54, 1.807) is 4.68 Å². The zero-order valence-electron chi connectivity index (χ0n) is 21.1. The first-order valence-corrected chi connectivity index (χ1v) is 12.8. The number of aryl methyl sites for hydroxylation is 2. The number of benzene rings is 2. The minimum Gasteiger partial charge on any atom is -0.483 e. The zero-order valence-corrected chi connectivity index (χ0v) is 21.9. The van der Waals surface area contributed by atoms with Gasteiger partial charge in [0.05, 0.1) is 27.9 Å². The van der Waals surface area contributed by atoms with E-state index in [1.165, 1.54) is 6.07 Å². The predicted octanol–water partition coefficient (Wildman–Crippen LogP) is 5.48. The van der Waals surface area contributed by atoms with Crippen molar-refractivity contribution in [3.05, 3.63) is 65.2 Å². The number of carboxylic acid groups (broad SMARTS) is 1. The highest BCUT2D eigenvalue weighted by molar-refractivity contribution is 6.32. The summed E-state index contributed by atoms with van der Waals surface area (Å²) in [6, 6.07) is 11.5. The first-order chi connectivity index (χ1) is 18.3. The maximum Gasteiger partial charge on any atom is 0.290 e. The van der Waals surface area contributed by atoms with Gasteiger partial charge in [-0.25, -0.2) is 14.1 Å². The van der Waals surface area contributed by atoms with Crippen LogP contribution in [-0.4, -0.2) is 49.2 Å². The summed E-state index contributed by atoms with van der Waals surface area (Å²) in [6.45, 7) is 6.08. The van der Waals surface area contributed by atoms with Crippen LogP contribution in [0.15, 0.2) is 48.8 Å². The summed E-state index contributed by atoms with van der Waals surface area (Å²) in [5.74, 6) is 3.00. The van der Waals surface area contributed by atoms with Gasteiger partial charge in [-0.15, -0.1) is 0 Å². The minimum atomic E-state index is -0.453. The molecule has 0 radical (unpaired) electrons. The maximum absolute atomic E-state index is 14.8. The van der Waals surface area contributed by atoms with Crippen LogP contribution in [0.1, 0.15) is 12.5 Å². The normalized spacial score (nSPS) is 19.9. The van der Waals surface area contributed by atoms with E-state index in [-0.39, 0.29) is 11.5 Å². The Morgan fingerprint density at radius 1 is 1.13 bits per heavy atom. The van der Waals surface area contributed by atoms with Crippen LogP contribution in [0.2, 0.25) is 5.02 Å². The molecular formula is C28H26ClFN6O2. The molecule has 3 aromatic heterocycles. The van der Waals surface area contributed by atoms with Gasteiger partial charge in [-0.1, -0.05) is 30.7 Å². The Hall–Kier alpha value is -3.98. The van der Waals surface area contributed by atoms with E-state index in [1.807, 2.05) is 55.3 Å². The van der Waals surface area contributed by atoms with Crippen LogP contribution in [-0.2, 0) is 11.8 Å². The Bertz CT molecular complexity index is 1680. The molecule has 1 N–H and O–H groups in total. The summed E-state index contributed by atoms with van der Waals surface area (Å²) < 4.78 is 18.4. The fraction of sp³-hybridized carbons (Fsp3) is 0.286. The number of anilines is 1. The van der Waals surface area contributed by atoms with Crippen molar-refractivity contribution in [3.63, 3.8) is 0 Å². The first kappa shape index (κ1) is 24.4. The molecule has 5 aromatic rings. The summed E-state index contributed by atoms with van der Waals surface area (Å²) in [7, 11) is 1.89. The number of rotatable bonds is 3. The second-order valence-corrected chi connectivity index (χ2v) is 10.4. The van der Waals surface area contributed by atoms with Gasteiger partial charge in [0, 0.05) is 42.7 Å². The molecule has 0 bridgehead atoms. The van der Waals surface area contributed by atoms with Gasteiger partial charge in [-0.3, -0.25) is 9.48 Å². The summed E-state index contributed by atoms with van der Waals surface area (Å²) in [6.07, 6.45) is 3.81. The molecular weight excluding hydrogens is 507 g/mol. The molecule has 2 fully saturated rings. The topological polar surface area (TPSA) is 89.1 Å². The Morgan fingerprint density at radius 3 is 2.55 bits per heavy atom. The summed E-state index contributed by atoms with van der Waals surface area (Å²) >= 11 is 6.36. The van der Waals surface area contributed by atoms with Crippen molar-refractivity contribution in [2.75, 3.05) is 18.0 Å². The van der Waals surface area contributed by atoms with E-state index in [0.29, 0.717) is 16.6 Å². The number of fused-ring (bicyclic) bond motifs is 3. The number of pyridine rings is 1. The number of carbonyl (C=O) groups is 1. The lowest BCUT2D eigenvalue weighted by Crippen LogP contribution is -2.24. The van der Waals surface area contributed by atoms with E-state index in [0.717, 1.165) is 64.3 Å². The van der Waals surface area contributed by atoms with Crippen LogP contribution in [0.25, 0.3) is 38.8 Å². The lowest BCUT2D eigenvalue weighted by molar-refractivity contribution is -0.122. The molecule has 10 heteroatoms. The van der Waals surface area contributed by atoms with E-state index in [2.05, 4.69) is 23.0 Å². The van der Waals surface area contributed by atoms with Crippen LogP contribution in [0, 0.1) is 30.5 Å². The Labute approximate surface area is 223 Å². The molecule has 4 heterocycles. The molecule has 7 rings (SSSR count). The molecule has 1 aliphatic carbocycles. The summed E-state index contributed by atoms with van der Waals surface area (Å²) in [4.78, 5) is 15.5. The van der Waals surface area contributed by atoms with Crippen LogP contribution >= 0.6 is 11.6 Å². The van der Waals surface area contributed by atoms with Gasteiger partial charge in [0.25, 0.3) is 6.47 Å². The maximum atomic E-state index is 14.8. The van der Waals surface area contributed by atoms with Gasteiger partial charge in [0.1, 0.15) is 17.3 Å². The molecule has 2 aromatic carbocycles. The van der Waals surface area contributed by atoms with Crippen LogP contribution in [0.4, 0.5) is 10.2 Å². The van der Waals surface area contributed by atoms with E-state index in [9.17, 15) is 4.39 Å². The Balaban J connectivity index is 0.000000843. The van der Waals surface area contributed by atoms with Crippen LogP contribution < -0.4 is 4.90 Å². The van der Waals surface area contributed by atoms with Gasteiger partial charge < -0.3 is 10.0 Å². The summed E-state index contributed by atoms with van der Waals surface area (Å²) in [5, 5.41) is 18.2. The quantitative estimate of drug-likeness (QED) is 0.310. The van der Waals surface area contributed by atoms with Crippen LogP contribution in [0.5, 0.6) is 0 Å². The second kappa shape index (κ2) is 9.09. The number of halogens is 2. The third kappa shape index (κ3) is 3.80. The van der Waals surface area contributed by atoms with Crippen molar-refractivity contribution in [1.29, 1.82) is 0 Å². The molecule has 2 aliphatic rings. The molecule has 0 spiro atoms. The number of piperidine rings is 1. The third-order valence-corrected chi connectivity index (χ3v) is 8.39. The predicted molar refractivity (Wildman–Crippen MR) is 145 cm³/mol. The molecule has 1 saturated carbocycles. The van der Waals surface area contributed by atoms with Gasteiger partial charge in [-0.05, 0) is 54.5 Å². The van der Waals surface area contributed by atoms with Gasteiger partial charge in [-0.2, -0.15) is 10.2 Å². The molecule has 38 heavy (non-hydrogen) atoms. The Morgan fingerprint density at radius 2 is 1.87 bits per heavy atom. The molecule has 194 valence electrons. The standard InChI is InChI=1S/C27H24ClFN6.CH2O2/c1-14-19-12-34(13-20(14)19)24-8-7-16(10-30-24)35-27-15(2)25(28)22(29)9-18(27)26(32-35)17-5-4-6-23-21(17)11-33(3)31-23;2-1-3/h4-11,14,19-20H,12-13H2,1-3H3;1H,(H,2,3)/t14?,19-,20?;/m1./s1. The average molecular weight is 533 g/mol. The fourth-order valence-corrected chi connectivity index (χ4v) is 6.00. The first-order valence-electron chi connectivity index (χ1n) is 12.4. The average Bonchev–Trinajstić information content (AvgIpc) is 3.34. The van der Waals surface area contributed by atoms with E-state index >= 15 is 0 Å². The summed E-state index contributed by atoms with van der Waals surface area (Å²) in [5.41, 5.74) is 4.69. The van der Waals surface area contributed by atoms with Crippen molar-refractivity contribution in [2.24, 2.45) is 24.8 Å². The SMILES string of the molecule is Cc1c(Cl)c(F)cc2c(-c3cccc4nn(C)cc34)nn(-c3ccc(N4CC5C(C)[C@H]5C4)nc3)c12.O=CO. The zero-order chi connectivity index (χ0) is 26.7. The van der Waals surface area contributed by atoms with Crippen molar-refractivity contribution in [2.45, 2.75) is 13.8 Å². The number of hydrogen-bond donors (Lipinski definition) is 1. The second-order valence-electron chi connectivity index (χ2n) is 10.1. The van der Waals surface area contributed by atoms with Crippen LogP contribution in [0.3, 0.4) is 0 Å². The number of nitrogens with zero attached hydrogens (tertiary/aromatic N) is 6. The van der Waals surface area contributed by atoms with Gasteiger partial charge in [0.15, 0.2) is 0 Å². The smallest absolute Gasteiger partial charge is 0.290 e. The highest BCUT2D eigenvalue weighted by atomic mass is 35.5. The molecule has 8 nitrogen and oxygen atoms in total. The highest BCUT2D eigenvalue weighted by Crippen LogP contribution is 2.51. The molecule has 2 unspecified atom stereocenters. The number of aromatic nitrogens is 5. The van der Waals surface area contributed by atoms with Gasteiger partial charge >= 0.3 is 0 Å². The van der Waals surface area contributed by atoms with E-state index in [4.69, 9.17) is 31.6 Å². The number of hydrogen-bond acceptors (Lipinski definition) is 5. The molecule has 1 saturated heterocycles. The van der Waals surface area contributed by atoms with Crippen molar-refractivity contribution < 1.29 is 14.3 Å². The molecule has 0 amide bonds. The Kier molecular flexibility index (Phi) is 5.83. The van der Waals surface area contributed by atoms with E-state index < -0.39 is 5.82 Å². The minimum absolute atomic E-state index is 0.111. The third-order valence-electron chi connectivity index (χ3n) is 7.93. The monoisotopic (exact) mass is 532 g/mol.